The van der Waals surface area contributed by atoms with Crippen molar-refractivity contribution >= 4 is 23.2 Å². The van der Waals surface area contributed by atoms with Crippen molar-refractivity contribution in [3.05, 3.63) is 28.2 Å². The molecular weight excluding hydrogens is 281 g/mol. The second-order valence-corrected chi connectivity index (χ2v) is 5.85. The van der Waals surface area contributed by atoms with Crippen LogP contribution >= 0.6 is 23.2 Å². The van der Waals surface area contributed by atoms with Gasteiger partial charge in [-0.05, 0) is 37.6 Å². The van der Waals surface area contributed by atoms with Crippen LogP contribution in [0, 0.1) is 0 Å². The van der Waals surface area contributed by atoms with E-state index in [1.54, 1.807) is 18.2 Å². The number of halogens is 2. The molecule has 0 aliphatic heterocycles. The quantitative estimate of drug-likeness (QED) is 0.653. The molecule has 0 aromatic heterocycles. The van der Waals surface area contributed by atoms with Gasteiger partial charge in [0.25, 0.3) is 0 Å². The molecule has 1 rings (SSSR count). The Kier molecular flexibility index (Phi) is 8.27. The highest BCUT2D eigenvalue weighted by molar-refractivity contribution is 6.34. The van der Waals surface area contributed by atoms with Crippen molar-refractivity contribution in [1.29, 1.82) is 0 Å². The summed E-state index contributed by atoms with van der Waals surface area (Å²) in [5.41, 5.74) is 0. The summed E-state index contributed by atoms with van der Waals surface area (Å²) < 4.78 is 5.63. The first kappa shape index (κ1) is 16.6. The summed E-state index contributed by atoms with van der Waals surface area (Å²) in [6.07, 6.45) is 4.71. The van der Waals surface area contributed by atoms with Crippen LogP contribution < -0.4 is 10.1 Å². The molecule has 1 aromatic carbocycles. The van der Waals surface area contributed by atoms with Crippen molar-refractivity contribution in [2.75, 3.05) is 13.2 Å². The molecule has 0 amide bonds. The molecule has 0 saturated heterocycles. The fraction of sp³-hybridized carbons (Fsp3) is 0.600. The van der Waals surface area contributed by atoms with Crippen LogP contribution in [0.2, 0.25) is 10.0 Å². The van der Waals surface area contributed by atoms with Crippen LogP contribution in [0.25, 0.3) is 0 Å². The summed E-state index contributed by atoms with van der Waals surface area (Å²) in [5, 5.41) is 4.64. The Morgan fingerprint density at radius 3 is 2.26 bits per heavy atom. The number of nitrogens with one attached hydrogen (secondary N) is 1. The van der Waals surface area contributed by atoms with Gasteiger partial charge in [-0.2, -0.15) is 0 Å². The van der Waals surface area contributed by atoms with Crippen LogP contribution in [0.15, 0.2) is 18.2 Å². The lowest BCUT2D eigenvalue weighted by Crippen LogP contribution is -2.23. The van der Waals surface area contributed by atoms with E-state index in [4.69, 9.17) is 27.9 Å². The number of hydrogen-bond donors (Lipinski definition) is 1. The summed E-state index contributed by atoms with van der Waals surface area (Å²) >= 11 is 11.8. The van der Waals surface area contributed by atoms with E-state index < -0.39 is 0 Å². The Morgan fingerprint density at radius 2 is 1.63 bits per heavy atom. The van der Waals surface area contributed by atoms with Crippen molar-refractivity contribution < 1.29 is 4.74 Å². The van der Waals surface area contributed by atoms with Gasteiger partial charge in [0, 0.05) is 16.1 Å². The molecule has 0 saturated carbocycles. The molecule has 2 nitrogen and oxygen atoms in total. The average Bonchev–Trinajstić information content (AvgIpc) is 2.31. The zero-order valence-electron chi connectivity index (χ0n) is 11.7. The summed E-state index contributed by atoms with van der Waals surface area (Å²) in [6, 6.07) is 5.87. The van der Waals surface area contributed by atoms with Gasteiger partial charge >= 0.3 is 0 Å². The number of unbranched alkanes of at least 4 members (excludes halogenated alkanes) is 3. The Balaban J connectivity index is 2.04. The van der Waals surface area contributed by atoms with Gasteiger partial charge in [0.05, 0.1) is 6.61 Å². The number of ether oxygens (including phenoxy) is 1. The average molecular weight is 304 g/mol. The van der Waals surface area contributed by atoms with E-state index in [0.717, 1.165) is 18.7 Å². The molecule has 0 atom stereocenters. The van der Waals surface area contributed by atoms with Gasteiger partial charge in [-0.15, -0.1) is 0 Å². The van der Waals surface area contributed by atoms with Gasteiger partial charge in [0.15, 0.2) is 0 Å². The largest absolute Gasteiger partial charge is 0.493 e. The van der Waals surface area contributed by atoms with E-state index >= 15 is 0 Å². The molecule has 0 aliphatic rings. The number of hydrogen-bond acceptors (Lipinski definition) is 2. The van der Waals surface area contributed by atoms with Crippen molar-refractivity contribution in [1.82, 2.24) is 5.32 Å². The lowest BCUT2D eigenvalue weighted by Gasteiger charge is -2.08. The maximum absolute atomic E-state index is 5.90. The standard InChI is InChI=1S/C15H23Cl2NO/c1-12(2)18-7-5-3-4-6-8-19-15-10-13(16)9-14(17)11-15/h9-12,18H,3-8H2,1-2H3. The van der Waals surface area contributed by atoms with E-state index in [1.165, 1.54) is 19.3 Å². The Labute approximate surface area is 126 Å². The third-order valence-corrected chi connectivity index (χ3v) is 3.16. The van der Waals surface area contributed by atoms with Crippen molar-refractivity contribution in [2.45, 2.75) is 45.6 Å². The lowest BCUT2D eigenvalue weighted by atomic mass is 10.2. The molecule has 0 unspecified atom stereocenters. The summed E-state index contributed by atoms with van der Waals surface area (Å²) in [4.78, 5) is 0. The molecule has 4 heteroatoms. The molecule has 0 radical (unpaired) electrons. The van der Waals surface area contributed by atoms with E-state index in [1.807, 2.05) is 0 Å². The minimum Gasteiger partial charge on any atom is -0.493 e. The van der Waals surface area contributed by atoms with Crippen LogP contribution in [-0.4, -0.2) is 19.2 Å². The first-order valence-electron chi connectivity index (χ1n) is 6.90. The molecule has 108 valence electrons. The van der Waals surface area contributed by atoms with Gasteiger partial charge in [-0.3, -0.25) is 0 Å². The minimum absolute atomic E-state index is 0.580. The van der Waals surface area contributed by atoms with E-state index in [0.29, 0.717) is 22.7 Å². The first-order valence-corrected chi connectivity index (χ1v) is 7.66. The summed E-state index contributed by atoms with van der Waals surface area (Å²) in [7, 11) is 0. The van der Waals surface area contributed by atoms with Gasteiger partial charge < -0.3 is 10.1 Å². The fourth-order valence-electron chi connectivity index (χ4n) is 1.77. The second-order valence-electron chi connectivity index (χ2n) is 4.98. The second kappa shape index (κ2) is 9.46. The van der Waals surface area contributed by atoms with E-state index in [2.05, 4.69) is 19.2 Å². The third kappa shape index (κ3) is 8.35. The van der Waals surface area contributed by atoms with E-state index in [9.17, 15) is 0 Å². The molecular formula is C15H23Cl2NO. The van der Waals surface area contributed by atoms with Crippen molar-refractivity contribution in [3.63, 3.8) is 0 Å². The molecule has 1 aromatic rings. The molecule has 0 spiro atoms. The molecule has 1 N–H and O–H groups in total. The minimum atomic E-state index is 0.580. The van der Waals surface area contributed by atoms with Crippen LogP contribution in [0.3, 0.4) is 0 Å². The predicted molar refractivity (Wildman–Crippen MR) is 83.6 cm³/mol. The first-order chi connectivity index (χ1) is 9.08. The van der Waals surface area contributed by atoms with Crippen LogP contribution in [0.5, 0.6) is 5.75 Å². The highest BCUT2D eigenvalue weighted by atomic mass is 35.5. The third-order valence-electron chi connectivity index (χ3n) is 2.73. The predicted octanol–water partition coefficient (Wildman–Crippen LogP) is 4.93. The fourth-order valence-corrected chi connectivity index (χ4v) is 2.28. The smallest absolute Gasteiger partial charge is 0.122 e. The van der Waals surface area contributed by atoms with Crippen LogP contribution in [-0.2, 0) is 0 Å². The normalized spacial score (nSPS) is 11.0. The van der Waals surface area contributed by atoms with E-state index in [-0.39, 0.29) is 0 Å². The highest BCUT2D eigenvalue weighted by Gasteiger charge is 1.99. The monoisotopic (exact) mass is 303 g/mol. The summed E-state index contributed by atoms with van der Waals surface area (Å²) in [5.74, 6) is 0.749. The topological polar surface area (TPSA) is 21.3 Å². The highest BCUT2D eigenvalue weighted by Crippen LogP contribution is 2.24. The molecule has 0 aliphatic carbocycles. The van der Waals surface area contributed by atoms with Crippen LogP contribution in [0.1, 0.15) is 39.5 Å². The number of rotatable bonds is 9. The zero-order chi connectivity index (χ0) is 14.1. The Hall–Kier alpha value is -0.440. The number of benzene rings is 1. The molecule has 0 fully saturated rings. The Morgan fingerprint density at radius 1 is 1.00 bits per heavy atom. The Bertz CT molecular complexity index is 349. The van der Waals surface area contributed by atoms with Gasteiger partial charge in [0.1, 0.15) is 5.75 Å². The SMILES string of the molecule is CC(C)NCCCCCCOc1cc(Cl)cc(Cl)c1. The molecule has 19 heavy (non-hydrogen) atoms. The summed E-state index contributed by atoms with van der Waals surface area (Å²) in [6.45, 7) is 6.16. The van der Waals surface area contributed by atoms with Crippen molar-refractivity contribution in [2.24, 2.45) is 0 Å². The zero-order valence-corrected chi connectivity index (χ0v) is 13.2. The van der Waals surface area contributed by atoms with Crippen LogP contribution in [0.4, 0.5) is 0 Å². The van der Waals surface area contributed by atoms with Gasteiger partial charge in [-0.1, -0.05) is 49.9 Å². The maximum atomic E-state index is 5.90. The molecule has 0 heterocycles. The van der Waals surface area contributed by atoms with Crippen molar-refractivity contribution in [3.8, 4) is 5.75 Å². The van der Waals surface area contributed by atoms with Gasteiger partial charge in [-0.25, -0.2) is 0 Å². The maximum Gasteiger partial charge on any atom is 0.122 e. The lowest BCUT2D eigenvalue weighted by molar-refractivity contribution is 0.304. The molecule has 0 bridgehead atoms. The van der Waals surface area contributed by atoms with Gasteiger partial charge in [0.2, 0.25) is 0 Å².